The molecule has 0 radical (unpaired) electrons. The highest BCUT2D eigenvalue weighted by Gasteiger charge is 2.18. The van der Waals surface area contributed by atoms with Crippen molar-refractivity contribution in [3.63, 3.8) is 0 Å². The predicted molar refractivity (Wildman–Crippen MR) is 136 cm³/mol. The molecule has 0 atom stereocenters. The molecule has 154 valence electrons. The van der Waals surface area contributed by atoms with Gasteiger partial charge in [0.1, 0.15) is 5.03 Å². The van der Waals surface area contributed by atoms with E-state index in [1.165, 1.54) is 10.8 Å². The number of ketones is 1. The lowest BCUT2D eigenvalue weighted by atomic mass is 9.92. The Bertz CT molecular complexity index is 1500. The van der Waals surface area contributed by atoms with Crippen molar-refractivity contribution in [3.05, 3.63) is 125 Å². The summed E-state index contributed by atoms with van der Waals surface area (Å²) in [7, 11) is 0. The molecule has 0 unspecified atom stereocenters. The summed E-state index contributed by atoms with van der Waals surface area (Å²) in [6.45, 7) is 0. The maximum absolute atomic E-state index is 12.9. The molecule has 0 saturated carbocycles. The molecule has 0 amide bonds. The zero-order chi connectivity index (χ0) is 22.1. The van der Waals surface area contributed by atoms with Crippen LogP contribution in [0.3, 0.4) is 0 Å². The smallest absolute Gasteiger partial charge is 0.205 e. The molecular weight excluding hydrogens is 435 g/mol. The number of fused-ring (bicyclic) bond motifs is 2. The molecule has 0 N–H and O–H groups in total. The molecule has 0 fully saturated rings. The first-order chi connectivity index (χ1) is 15.6. The number of benzene rings is 5. The van der Waals surface area contributed by atoms with Crippen LogP contribution in [0.5, 0.6) is 0 Å². The molecule has 3 heteroatoms. The van der Waals surface area contributed by atoms with E-state index >= 15 is 0 Å². The molecular formula is C29H18Cl2O. The van der Waals surface area contributed by atoms with E-state index in [-0.39, 0.29) is 15.8 Å². The van der Waals surface area contributed by atoms with E-state index in [4.69, 9.17) is 23.2 Å². The molecule has 0 heterocycles. The van der Waals surface area contributed by atoms with Gasteiger partial charge < -0.3 is 0 Å². The Morgan fingerprint density at radius 2 is 1.16 bits per heavy atom. The van der Waals surface area contributed by atoms with E-state index < -0.39 is 0 Å². The minimum Gasteiger partial charge on any atom is -0.288 e. The van der Waals surface area contributed by atoms with Crippen LogP contribution in [0, 0.1) is 0 Å². The summed E-state index contributed by atoms with van der Waals surface area (Å²) >= 11 is 13.2. The minimum atomic E-state index is -0.295. The number of allylic oxidation sites excluding steroid dienone is 1. The van der Waals surface area contributed by atoms with Crippen LogP contribution in [-0.2, 0) is 0 Å². The highest BCUT2D eigenvalue weighted by molar-refractivity contribution is 6.61. The van der Waals surface area contributed by atoms with Crippen molar-refractivity contribution in [1.29, 1.82) is 0 Å². The molecule has 0 aliphatic carbocycles. The van der Waals surface area contributed by atoms with E-state index in [1.54, 1.807) is 24.3 Å². The highest BCUT2D eigenvalue weighted by Crippen LogP contribution is 2.38. The number of hydrogen-bond donors (Lipinski definition) is 0. The summed E-state index contributed by atoms with van der Waals surface area (Å²) < 4.78 is 0. The second kappa shape index (κ2) is 8.63. The van der Waals surface area contributed by atoms with Crippen LogP contribution in [0.2, 0.25) is 0 Å². The zero-order valence-electron chi connectivity index (χ0n) is 17.1. The second-order valence-corrected chi connectivity index (χ2v) is 8.35. The van der Waals surface area contributed by atoms with Gasteiger partial charge in [0, 0.05) is 11.1 Å². The third-order valence-corrected chi connectivity index (χ3v) is 6.48. The van der Waals surface area contributed by atoms with Crippen molar-refractivity contribution in [2.45, 2.75) is 0 Å². The van der Waals surface area contributed by atoms with Gasteiger partial charge in [-0.25, -0.2) is 0 Å². The fourth-order valence-corrected chi connectivity index (χ4v) is 4.51. The SMILES string of the molecule is O=C(C(Cl)=C(Cl)c1ccccc1-c1cccc2cc3ccccc3cc12)c1ccccc1. The molecule has 0 saturated heterocycles. The minimum absolute atomic E-state index is 0.0102. The number of carbonyl (C=O) groups excluding carboxylic acids is 1. The lowest BCUT2D eigenvalue weighted by Crippen LogP contribution is -2.00. The van der Waals surface area contributed by atoms with Crippen molar-refractivity contribution in [1.82, 2.24) is 0 Å². The molecule has 5 aromatic rings. The topological polar surface area (TPSA) is 17.1 Å². The van der Waals surface area contributed by atoms with Crippen LogP contribution < -0.4 is 0 Å². The lowest BCUT2D eigenvalue weighted by Gasteiger charge is -2.14. The van der Waals surface area contributed by atoms with Gasteiger partial charge in [-0.3, -0.25) is 4.79 Å². The summed E-state index contributed by atoms with van der Waals surface area (Å²) in [5.41, 5.74) is 3.20. The Kier molecular flexibility index (Phi) is 5.53. The van der Waals surface area contributed by atoms with Crippen LogP contribution in [0.15, 0.2) is 114 Å². The van der Waals surface area contributed by atoms with Crippen LogP contribution in [0.1, 0.15) is 15.9 Å². The first kappa shape index (κ1) is 20.5. The molecule has 32 heavy (non-hydrogen) atoms. The van der Waals surface area contributed by atoms with Crippen molar-refractivity contribution in [2.24, 2.45) is 0 Å². The van der Waals surface area contributed by atoms with Gasteiger partial charge in [0.05, 0.1) is 5.03 Å². The molecule has 0 aromatic heterocycles. The first-order valence-electron chi connectivity index (χ1n) is 10.3. The Morgan fingerprint density at radius 1 is 0.562 bits per heavy atom. The summed E-state index contributed by atoms with van der Waals surface area (Å²) in [6, 6.07) is 35.6. The predicted octanol–water partition coefficient (Wildman–Crippen LogP) is 8.69. The Balaban J connectivity index is 1.70. The van der Waals surface area contributed by atoms with Gasteiger partial charge in [0.2, 0.25) is 5.78 Å². The van der Waals surface area contributed by atoms with Gasteiger partial charge in [0.25, 0.3) is 0 Å². The van der Waals surface area contributed by atoms with Crippen LogP contribution in [0.4, 0.5) is 0 Å². The third kappa shape index (κ3) is 3.71. The maximum Gasteiger partial charge on any atom is 0.205 e. The molecule has 1 nitrogen and oxygen atoms in total. The number of hydrogen-bond acceptors (Lipinski definition) is 1. The average molecular weight is 453 g/mol. The maximum atomic E-state index is 12.9. The summed E-state index contributed by atoms with van der Waals surface area (Å²) in [4.78, 5) is 12.9. The number of rotatable bonds is 4. The van der Waals surface area contributed by atoms with Crippen molar-refractivity contribution in [2.75, 3.05) is 0 Å². The normalized spacial score (nSPS) is 12.1. The Hall–Kier alpha value is -3.39. The van der Waals surface area contributed by atoms with Crippen molar-refractivity contribution >= 4 is 55.6 Å². The largest absolute Gasteiger partial charge is 0.288 e. The second-order valence-electron chi connectivity index (χ2n) is 7.59. The monoisotopic (exact) mass is 452 g/mol. The summed E-state index contributed by atoms with van der Waals surface area (Å²) in [5.74, 6) is -0.295. The van der Waals surface area contributed by atoms with Gasteiger partial charge in [-0.1, -0.05) is 120 Å². The molecule has 5 aromatic carbocycles. The van der Waals surface area contributed by atoms with Crippen LogP contribution >= 0.6 is 23.2 Å². The van der Waals surface area contributed by atoms with E-state index in [0.717, 1.165) is 27.5 Å². The van der Waals surface area contributed by atoms with Crippen molar-refractivity contribution in [3.8, 4) is 11.1 Å². The molecule has 0 aliphatic heterocycles. The lowest BCUT2D eigenvalue weighted by molar-refractivity contribution is 0.104. The van der Waals surface area contributed by atoms with E-state index in [9.17, 15) is 4.79 Å². The average Bonchev–Trinajstić information content (AvgIpc) is 2.86. The zero-order valence-corrected chi connectivity index (χ0v) is 18.6. The number of Topliss-reactive ketones (excluding diaryl/α,β-unsaturated/α-hetero) is 1. The van der Waals surface area contributed by atoms with Crippen LogP contribution in [-0.4, -0.2) is 5.78 Å². The van der Waals surface area contributed by atoms with Gasteiger partial charge in [-0.2, -0.15) is 0 Å². The Labute approximate surface area is 196 Å². The standard InChI is InChI=1S/C29H18Cl2O/c30-27(28(31)29(32)19-9-2-1-3-10-19)25-15-7-6-14-23(25)24-16-8-13-22-17-20-11-4-5-12-21(20)18-26(22)24/h1-18H. The first-order valence-corrected chi connectivity index (χ1v) is 11.1. The summed E-state index contributed by atoms with van der Waals surface area (Å²) in [5, 5.41) is 4.88. The third-order valence-electron chi connectivity index (χ3n) is 5.63. The molecule has 0 aliphatic rings. The van der Waals surface area contributed by atoms with Gasteiger partial charge in [0.15, 0.2) is 0 Å². The van der Waals surface area contributed by atoms with E-state index in [2.05, 4.69) is 36.4 Å². The molecule has 5 rings (SSSR count). The van der Waals surface area contributed by atoms with Gasteiger partial charge in [-0.15, -0.1) is 0 Å². The quantitative estimate of drug-likeness (QED) is 0.151. The molecule has 0 spiro atoms. The van der Waals surface area contributed by atoms with Crippen LogP contribution in [0.25, 0.3) is 37.7 Å². The van der Waals surface area contributed by atoms with E-state index in [0.29, 0.717) is 5.56 Å². The Morgan fingerprint density at radius 3 is 1.94 bits per heavy atom. The number of halogens is 2. The van der Waals surface area contributed by atoms with Gasteiger partial charge in [-0.05, 0) is 44.8 Å². The fraction of sp³-hybridized carbons (Fsp3) is 0. The fourth-order valence-electron chi connectivity index (χ4n) is 4.05. The van der Waals surface area contributed by atoms with Gasteiger partial charge >= 0.3 is 0 Å². The highest BCUT2D eigenvalue weighted by atomic mass is 35.5. The summed E-state index contributed by atoms with van der Waals surface area (Å²) in [6.07, 6.45) is 0. The van der Waals surface area contributed by atoms with E-state index in [1.807, 2.05) is 48.5 Å². The molecule has 0 bridgehead atoms. The van der Waals surface area contributed by atoms with Crippen molar-refractivity contribution < 1.29 is 4.79 Å². The number of carbonyl (C=O) groups is 1.